The third-order valence-electron chi connectivity index (χ3n) is 4.81. The number of rotatable bonds is 10. The minimum atomic E-state index is 0.640. The van der Waals surface area contributed by atoms with E-state index in [0.717, 1.165) is 69.1 Å². The largest absolute Gasteiger partial charge is 0.381 e. The molecule has 0 unspecified atom stereocenters. The molecule has 2 fully saturated rings. The van der Waals surface area contributed by atoms with Crippen molar-refractivity contribution in [2.24, 2.45) is 10.9 Å². The molecule has 1 aromatic heterocycles. The normalized spacial score (nSPS) is 17.6. The summed E-state index contributed by atoms with van der Waals surface area (Å²) >= 11 is 0. The molecule has 2 aliphatic rings. The van der Waals surface area contributed by atoms with E-state index in [1.54, 1.807) is 0 Å². The molecule has 1 aromatic rings. The number of nitrogens with one attached hydrogen (secondary N) is 2. The monoisotopic (exact) mass is 359 g/mol. The first-order valence-electron chi connectivity index (χ1n) is 10.1. The van der Waals surface area contributed by atoms with Crippen LogP contribution in [0.25, 0.3) is 0 Å². The van der Waals surface area contributed by atoms with Crippen molar-refractivity contribution < 1.29 is 4.74 Å². The molecule has 1 aliphatic carbocycles. The van der Waals surface area contributed by atoms with Crippen LogP contribution in [0.4, 0.5) is 5.82 Å². The van der Waals surface area contributed by atoms with Gasteiger partial charge in [0.15, 0.2) is 5.96 Å². The fraction of sp³-hybridized carbons (Fsp3) is 0.700. The number of aliphatic imine (C=N–C) groups is 1. The van der Waals surface area contributed by atoms with Gasteiger partial charge in [-0.05, 0) is 56.6 Å². The van der Waals surface area contributed by atoms with Crippen molar-refractivity contribution >= 4 is 11.8 Å². The average Bonchev–Trinajstić information content (AvgIpc) is 3.33. The fourth-order valence-corrected chi connectivity index (χ4v) is 3.07. The van der Waals surface area contributed by atoms with Crippen LogP contribution in [0.3, 0.4) is 0 Å². The van der Waals surface area contributed by atoms with Gasteiger partial charge in [-0.15, -0.1) is 0 Å². The summed E-state index contributed by atoms with van der Waals surface area (Å²) in [6.45, 7) is 8.48. The lowest BCUT2D eigenvalue weighted by Crippen LogP contribution is -2.38. The lowest BCUT2D eigenvalue weighted by Gasteiger charge is -2.16. The van der Waals surface area contributed by atoms with Crippen molar-refractivity contribution in [3.8, 4) is 0 Å². The molecule has 0 spiro atoms. The van der Waals surface area contributed by atoms with Gasteiger partial charge in [0.1, 0.15) is 5.82 Å². The summed E-state index contributed by atoms with van der Waals surface area (Å²) in [5.41, 5.74) is 1.14. The van der Waals surface area contributed by atoms with Crippen LogP contribution in [-0.4, -0.2) is 50.3 Å². The second kappa shape index (κ2) is 10.4. The lowest BCUT2D eigenvalue weighted by molar-refractivity contribution is 0.123. The summed E-state index contributed by atoms with van der Waals surface area (Å²) in [5, 5.41) is 6.68. The van der Waals surface area contributed by atoms with Crippen molar-refractivity contribution in [1.82, 2.24) is 15.6 Å². The SMILES string of the molecule is CCNC(=NCc1ccc(N2CCCC2)nc1)NCCCOCC1CC1. The maximum absolute atomic E-state index is 5.67. The zero-order valence-electron chi connectivity index (χ0n) is 16.0. The Bertz CT molecular complexity index is 550. The van der Waals surface area contributed by atoms with Gasteiger partial charge in [0.05, 0.1) is 6.54 Å². The minimum absolute atomic E-state index is 0.640. The molecular formula is C20H33N5O. The number of guanidine groups is 1. The Morgan fingerprint density at radius 2 is 2.12 bits per heavy atom. The molecule has 0 radical (unpaired) electrons. The number of pyridine rings is 1. The number of anilines is 1. The van der Waals surface area contributed by atoms with Gasteiger partial charge in [-0.1, -0.05) is 6.07 Å². The number of ether oxygens (including phenoxy) is 1. The Morgan fingerprint density at radius 1 is 1.27 bits per heavy atom. The predicted octanol–water partition coefficient (Wildman–Crippen LogP) is 2.55. The Kier molecular flexibility index (Phi) is 7.55. The van der Waals surface area contributed by atoms with Crippen molar-refractivity contribution in [1.29, 1.82) is 0 Å². The van der Waals surface area contributed by atoms with Gasteiger partial charge in [0, 0.05) is 45.6 Å². The van der Waals surface area contributed by atoms with Gasteiger partial charge >= 0.3 is 0 Å². The van der Waals surface area contributed by atoms with Crippen LogP contribution in [0.2, 0.25) is 0 Å². The molecule has 1 aliphatic heterocycles. The van der Waals surface area contributed by atoms with E-state index in [-0.39, 0.29) is 0 Å². The zero-order valence-corrected chi connectivity index (χ0v) is 16.0. The van der Waals surface area contributed by atoms with Crippen LogP contribution in [0.5, 0.6) is 0 Å². The van der Waals surface area contributed by atoms with Crippen LogP contribution >= 0.6 is 0 Å². The second-order valence-corrected chi connectivity index (χ2v) is 7.21. The van der Waals surface area contributed by atoms with Crippen LogP contribution in [-0.2, 0) is 11.3 Å². The lowest BCUT2D eigenvalue weighted by atomic mass is 10.3. The molecule has 3 rings (SSSR count). The van der Waals surface area contributed by atoms with Crippen molar-refractivity contribution in [2.75, 3.05) is 44.3 Å². The average molecular weight is 360 g/mol. The summed E-state index contributed by atoms with van der Waals surface area (Å²) in [6, 6.07) is 4.26. The molecule has 1 saturated carbocycles. The molecule has 2 N–H and O–H groups in total. The van der Waals surface area contributed by atoms with Gasteiger partial charge in [-0.2, -0.15) is 0 Å². The smallest absolute Gasteiger partial charge is 0.191 e. The van der Waals surface area contributed by atoms with E-state index in [4.69, 9.17) is 4.74 Å². The first kappa shape index (κ1) is 19.0. The molecule has 6 heteroatoms. The Morgan fingerprint density at radius 3 is 2.81 bits per heavy atom. The van der Waals surface area contributed by atoms with E-state index in [2.05, 4.69) is 44.6 Å². The molecular weight excluding hydrogens is 326 g/mol. The fourth-order valence-electron chi connectivity index (χ4n) is 3.07. The second-order valence-electron chi connectivity index (χ2n) is 7.21. The van der Waals surface area contributed by atoms with E-state index >= 15 is 0 Å². The molecule has 0 bridgehead atoms. The molecule has 2 heterocycles. The highest BCUT2D eigenvalue weighted by molar-refractivity contribution is 5.79. The van der Waals surface area contributed by atoms with E-state index in [9.17, 15) is 0 Å². The van der Waals surface area contributed by atoms with Crippen molar-refractivity contribution in [3.63, 3.8) is 0 Å². The van der Waals surface area contributed by atoms with Crippen LogP contribution in [0.15, 0.2) is 23.3 Å². The number of aromatic nitrogens is 1. The van der Waals surface area contributed by atoms with Crippen LogP contribution < -0.4 is 15.5 Å². The number of hydrogen-bond donors (Lipinski definition) is 2. The third-order valence-corrected chi connectivity index (χ3v) is 4.81. The van der Waals surface area contributed by atoms with Gasteiger partial charge in [0.25, 0.3) is 0 Å². The van der Waals surface area contributed by atoms with Gasteiger partial charge in [-0.3, -0.25) is 0 Å². The summed E-state index contributed by atoms with van der Waals surface area (Å²) in [6.07, 6.45) is 8.20. The first-order valence-corrected chi connectivity index (χ1v) is 10.1. The van der Waals surface area contributed by atoms with E-state index in [1.165, 1.54) is 25.7 Å². The topological polar surface area (TPSA) is 61.8 Å². The van der Waals surface area contributed by atoms with E-state index in [1.807, 2.05) is 6.20 Å². The summed E-state index contributed by atoms with van der Waals surface area (Å²) in [7, 11) is 0. The summed E-state index contributed by atoms with van der Waals surface area (Å²) < 4.78 is 5.67. The quantitative estimate of drug-likeness (QED) is 0.382. The van der Waals surface area contributed by atoms with Crippen LogP contribution in [0, 0.1) is 5.92 Å². The molecule has 26 heavy (non-hydrogen) atoms. The van der Waals surface area contributed by atoms with E-state index < -0.39 is 0 Å². The number of nitrogens with zero attached hydrogens (tertiary/aromatic N) is 3. The standard InChI is InChI=1S/C20H33N5O/c1-2-21-20(22-10-5-13-26-16-17-6-7-17)24-15-18-8-9-19(23-14-18)25-11-3-4-12-25/h8-9,14,17H,2-7,10-13,15-16H2,1H3,(H2,21,22,24). The zero-order chi connectivity index (χ0) is 18.0. The third kappa shape index (κ3) is 6.48. The first-order chi connectivity index (χ1) is 12.8. The summed E-state index contributed by atoms with van der Waals surface area (Å²) in [4.78, 5) is 11.6. The molecule has 0 aromatic carbocycles. The molecule has 6 nitrogen and oxygen atoms in total. The Balaban J connectivity index is 1.39. The van der Waals surface area contributed by atoms with Crippen LogP contribution in [0.1, 0.15) is 44.6 Å². The van der Waals surface area contributed by atoms with Crippen molar-refractivity contribution in [3.05, 3.63) is 23.9 Å². The highest BCUT2D eigenvalue weighted by Gasteiger charge is 2.20. The van der Waals surface area contributed by atoms with Gasteiger partial charge in [0.2, 0.25) is 0 Å². The molecule has 0 atom stereocenters. The van der Waals surface area contributed by atoms with Gasteiger partial charge in [-0.25, -0.2) is 9.98 Å². The molecule has 1 saturated heterocycles. The highest BCUT2D eigenvalue weighted by atomic mass is 16.5. The van der Waals surface area contributed by atoms with E-state index in [0.29, 0.717) is 6.54 Å². The molecule has 144 valence electrons. The summed E-state index contributed by atoms with van der Waals surface area (Å²) in [5.74, 6) is 2.79. The van der Waals surface area contributed by atoms with Gasteiger partial charge < -0.3 is 20.3 Å². The number of hydrogen-bond acceptors (Lipinski definition) is 4. The predicted molar refractivity (Wildman–Crippen MR) is 107 cm³/mol. The highest BCUT2D eigenvalue weighted by Crippen LogP contribution is 2.28. The molecule has 0 amide bonds. The minimum Gasteiger partial charge on any atom is -0.381 e. The Labute approximate surface area is 157 Å². The Hall–Kier alpha value is -1.82. The maximum Gasteiger partial charge on any atom is 0.191 e. The van der Waals surface area contributed by atoms with Crippen molar-refractivity contribution in [2.45, 2.75) is 45.6 Å². The maximum atomic E-state index is 5.67.